The average Bonchev–Trinajstić information content (AvgIpc) is 3.00. The highest BCUT2D eigenvalue weighted by Gasteiger charge is 2.22. The van der Waals surface area contributed by atoms with Crippen molar-refractivity contribution in [3.8, 4) is 11.1 Å². The van der Waals surface area contributed by atoms with Crippen LogP contribution in [0.1, 0.15) is 31.2 Å². The summed E-state index contributed by atoms with van der Waals surface area (Å²) in [6, 6.07) is 29.2. The monoisotopic (exact) mass is 539 g/mol. The standard InChI is InChI=1S/C34H45N5O/c40-34(36-33-17-8-7-16-32(33)30-14-5-2-6-15-30)35-31-18-23-37(24-19-31)21-10-22-39-27-25-38(26-28-39)20-9-13-29-11-3-1-4-12-29/h1-8,11-12,14-17,31H,9-10,13,18-28H2,(H2,35,36,40). The van der Waals surface area contributed by atoms with E-state index < -0.39 is 0 Å². The number of urea groups is 1. The van der Waals surface area contributed by atoms with E-state index in [1.165, 1.54) is 64.1 Å². The molecule has 2 heterocycles. The van der Waals surface area contributed by atoms with E-state index in [0.29, 0.717) is 0 Å². The van der Waals surface area contributed by atoms with E-state index >= 15 is 0 Å². The zero-order valence-electron chi connectivity index (χ0n) is 23.8. The molecule has 0 radical (unpaired) electrons. The summed E-state index contributed by atoms with van der Waals surface area (Å²) in [6.07, 6.45) is 5.67. The number of piperidine rings is 1. The van der Waals surface area contributed by atoms with Crippen molar-refractivity contribution in [1.82, 2.24) is 20.0 Å². The molecular weight excluding hydrogens is 494 g/mol. The molecule has 3 aromatic rings. The van der Waals surface area contributed by atoms with Crippen LogP contribution in [0.4, 0.5) is 10.5 Å². The number of likely N-dealkylation sites (tertiary alicyclic amines) is 1. The predicted octanol–water partition coefficient (Wildman–Crippen LogP) is 5.58. The number of rotatable bonds is 11. The normalized spacial score (nSPS) is 17.5. The summed E-state index contributed by atoms with van der Waals surface area (Å²) in [5, 5.41) is 6.30. The van der Waals surface area contributed by atoms with Gasteiger partial charge >= 0.3 is 6.03 Å². The van der Waals surface area contributed by atoms with Crippen molar-refractivity contribution in [1.29, 1.82) is 0 Å². The van der Waals surface area contributed by atoms with Gasteiger partial charge in [-0.15, -0.1) is 0 Å². The first kappa shape index (κ1) is 28.3. The van der Waals surface area contributed by atoms with Crippen LogP contribution < -0.4 is 10.6 Å². The lowest BCUT2D eigenvalue weighted by molar-refractivity contribution is 0.122. The van der Waals surface area contributed by atoms with Gasteiger partial charge in [-0.1, -0.05) is 78.9 Å². The van der Waals surface area contributed by atoms with E-state index in [-0.39, 0.29) is 12.1 Å². The van der Waals surface area contributed by atoms with Crippen molar-refractivity contribution < 1.29 is 4.79 Å². The van der Waals surface area contributed by atoms with Gasteiger partial charge in [-0.3, -0.25) is 0 Å². The number of carbonyl (C=O) groups is 1. The summed E-state index contributed by atoms with van der Waals surface area (Å²) in [5.74, 6) is 0. The number of amides is 2. The first-order valence-corrected chi connectivity index (χ1v) is 15.2. The summed E-state index contributed by atoms with van der Waals surface area (Å²) < 4.78 is 0. The quantitative estimate of drug-likeness (QED) is 0.334. The maximum Gasteiger partial charge on any atom is 0.319 e. The highest BCUT2D eigenvalue weighted by molar-refractivity contribution is 5.94. The van der Waals surface area contributed by atoms with Crippen LogP contribution in [0.2, 0.25) is 0 Å². The van der Waals surface area contributed by atoms with Gasteiger partial charge in [0.25, 0.3) is 0 Å². The smallest absolute Gasteiger partial charge is 0.319 e. The first-order chi connectivity index (χ1) is 19.7. The minimum atomic E-state index is -0.110. The number of para-hydroxylation sites is 1. The maximum absolute atomic E-state index is 12.8. The van der Waals surface area contributed by atoms with Crippen molar-refractivity contribution in [2.45, 2.75) is 38.1 Å². The fourth-order valence-electron chi connectivity index (χ4n) is 6.01. The Kier molecular flexibility index (Phi) is 10.6. The van der Waals surface area contributed by atoms with Crippen molar-refractivity contribution >= 4 is 11.7 Å². The maximum atomic E-state index is 12.8. The Morgan fingerprint density at radius 1 is 0.650 bits per heavy atom. The summed E-state index contributed by atoms with van der Waals surface area (Å²) >= 11 is 0. The summed E-state index contributed by atoms with van der Waals surface area (Å²) in [7, 11) is 0. The molecule has 0 aliphatic carbocycles. The number of anilines is 1. The topological polar surface area (TPSA) is 50.9 Å². The van der Waals surface area contributed by atoms with E-state index in [1.807, 2.05) is 36.4 Å². The molecule has 0 bridgehead atoms. The molecule has 212 valence electrons. The summed E-state index contributed by atoms with van der Waals surface area (Å²) in [6.45, 7) is 10.5. The van der Waals surface area contributed by atoms with Crippen LogP contribution >= 0.6 is 0 Å². The van der Waals surface area contributed by atoms with Crippen molar-refractivity contribution in [3.63, 3.8) is 0 Å². The van der Waals surface area contributed by atoms with Crippen molar-refractivity contribution in [2.75, 3.05) is 64.2 Å². The fourth-order valence-corrected chi connectivity index (χ4v) is 6.01. The van der Waals surface area contributed by atoms with Gasteiger partial charge in [0.15, 0.2) is 0 Å². The van der Waals surface area contributed by atoms with Crippen molar-refractivity contribution in [2.24, 2.45) is 0 Å². The number of nitrogens with zero attached hydrogens (tertiary/aromatic N) is 3. The lowest BCUT2D eigenvalue weighted by atomic mass is 10.0. The minimum absolute atomic E-state index is 0.110. The molecule has 6 heteroatoms. The fraction of sp³-hybridized carbons (Fsp3) is 0.441. The largest absolute Gasteiger partial charge is 0.335 e. The van der Waals surface area contributed by atoms with Gasteiger partial charge in [0.05, 0.1) is 5.69 Å². The molecule has 2 N–H and O–H groups in total. The molecule has 0 spiro atoms. The Bertz CT molecular complexity index is 1160. The lowest BCUT2D eigenvalue weighted by Crippen LogP contribution is -2.48. The summed E-state index contributed by atoms with van der Waals surface area (Å²) in [5.41, 5.74) is 4.44. The van der Waals surface area contributed by atoms with Crippen LogP contribution in [-0.4, -0.2) is 85.7 Å². The van der Waals surface area contributed by atoms with Gasteiger partial charge in [0, 0.05) is 50.9 Å². The zero-order valence-corrected chi connectivity index (χ0v) is 23.8. The van der Waals surface area contributed by atoms with Crippen LogP contribution in [0.25, 0.3) is 11.1 Å². The molecule has 0 unspecified atom stereocenters. The molecule has 2 aliphatic rings. The molecule has 2 amide bonds. The molecule has 40 heavy (non-hydrogen) atoms. The number of hydrogen-bond acceptors (Lipinski definition) is 4. The number of benzene rings is 3. The molecule has 2 saturated heterocycles. The predicted molar refractivity (Wildman–Crippen MR) is 166 cm³/mol. The van der Waals surface area contributed by atoms with Gasteiger partial charge < -0.3 is 25.3 Å². The van der Waals surface area contributed by atoms with E-state index in [0.717, 1.165) is 49.3 Å². The van der Waals surface area contributed by atoms with Gasteiger partial charge in [-0.2, -0.15) is 0 Å². The van der Waals surface area contributed by atoms with E-state index in [9.17, 15) is 4.79 Å². The molecule has 0 atom stereocenters. The third-order valence-corrected chi connectivity index (χ3v) is 8.38. The van der Waals surface area contributed by atoms with Crippen LogP contribution in [0.15, 0.2) is 84.9 Å². The Morgan fingerprint density at radius 3 is 1.88 bits per heavy atom. The van der Waals surface area contributed by atoms with E-state index in [1.54, 1.807) is 0 Å². The number of nitrogens with one attached hydrogen (secondary N) is 2. The summed E-state index contributed by atoms with van der Waals surface area (Å²) in [4.78, 5) is 20.6. The highest BCUT2D eigenvalue weighted by Crippen LogP contribution is 2.27. The second-order valence-corrected chi connectivity index (χ2v) is 11.3. The molecule has 2 aliphatic heterocycles. The average molecular weight is 540 g/mol. The molecule has 6 nitrogen and oxygen atoms in total. The van der Waals surface area contributed by atoms with Crippen LogP contribution in [0.5, 0.6) is 0 Å². The SMILES string of the molecule is O=C(Nc1ccccc1-c1ccccc1)NC1CCN(CCCN2CCN(CCCc3ccccc3)CC2)CC1. The second kappa shape index (κ2) is 15.0. The second-order valence-electron chi connectivity index (χ2n) is 11.3. The molecule has 0 aromatic heterocycles. The molecule has 0 saturated carbocycles. The first-order valence-electron chi connectivity index (χ1n) is 15.2. The zero-order chi connectivity index (χ0) is 27.4. The van der Waals surface area contributed by atoms with Gasteiger partial charge in [0.1, 0.15) is 0 Å². The van der Waals surface area contributed by atoms with Crippen LogP contribution in [-0.2, 0) is 6.42 Å². The van der Waals surface area contributed by atoms with Crippen molar-refractivity contribution in [3.05, 3.63) is 90.5 Å². The lowest BCUT2D eigenvalue weighted by Gasteiger charge is -2.36. The van der Waals surface area contributed by atoms with Gasteiger partial charge in [-0.25, -0.2) is 4.79 Å². The molecule has 5 rings (SSSR count). The highest BCUT2D eigenvalue weighted by atomic mass is 16.2. The van der Waals surface area contributed by atoms with Crippen LogP contribution in [0.3, 0.4) is 0 Å². The Hall–Kier alpha value is -3.19. The molecule has 2 fully saturated rings. The number of carbonyl (C=O) groups excluding carboxylic acids is 1. The number of aryl methyl sites for hydroxylation is 1. The Morgan fingerprint density at radius 2 is 1.20 bits per heavy atom. The van der Waals surface area contributed by atoms with Gasteiger partial charge in [0.2, 0.25) is 0 Å². The minimum Gasteiger partial charge on any atom is -0.335 e. The van der Waals surface area contributed by atoms with Crippen LogP contribution in [0, 0.1) is 0 Å². The third-order valence-electron chi connectivity index (χ3n) is 8.38. The van der Waals surface area contributed by atoms with Gasteiger partial charge in [-0.05, 0) is 68.9 Å². The number of piperazine rings is 1. The van der Waals surface area contributed by atoms with E-state index in [4.69, 9.17) is 0 Å². The third kappa shape index (κ3) is 8.65. The number of hydrogen-bond donors (Lipinski definition) is 2. The molecule has 3 aromatic carbocycles. The Labute approximate surface area is 240 Å². The van der Waals surface area contributed by atoms with E-state index in [2.05, 4.69) is 73.9 Å². The molecular formula is C34H45N5O. The Balaban J connectivity index is 0.938.